The van der Waals surface area contributed by atoms with E-state index in [0.29, 0.717) is 31.5 Å². The van der Waals surface area contributed by atoms with Gasteiger partial charge in [-0.1, -0.05) is 0 Å². The van der Waals surface area contributed by atoms with Crippen molar-refractivity contribution in [2.45, 2.75) is 33.6 Å². The topological polar surface area (TPSA) is 64.5 Å². The van der Waals surface area contributed by atoms with Crippen LogP contribution in [0, 0.1) is 12.8 Å². The molecule has 21 heavy (non-hydrogen) atoms. The molecule has 2 heterocycles. The lowest BCUT2D eigenvalue weighted by Gasteiger charge is -2.32. The fraction of sp³-hybridized carbons (Fsp3) is 0.667. The first-order valence-corrected chi connectivity index (χ1v) is 7.54. The van der Waals surface area contributed by atoms with Crippen molar-refractivity contribution in [1.29, 1.82) is 0 Å². The largest absolute Gasteiger partial charge is 0.478 e. The molecule has 116 valence electrons. The number of carbonyl (C=O) groups is 1. The molecule has 0 spiro atoms. The predicted octanol–water partition coefficient (Wildman–Crippen LogP) is 1.96. The fourth-order valence-corrected chi connectivity index (χ4v) is 2.55. The van der Waals surface area contributed by atoms with Crippen molar-refractivity contribution < 1.29 is 14.3 Å². The van der Waals surface area contributed by atoms with Crippen molar-refractivity contribution in [3.8, 4) is 5.88 Å². The van der Waals surface area contributed by atoms with E-state index in [0.717, 1.165) is 25.2 Å². The van der Waals surface area contributed by atoms with Crippen LogP contribution >= 0.6 is 0 Å². The monoisotopic (exact) mass is 293 g/mol. The van der Waals surface area contributed by atoms with E-state index in [2.05, 4.69) is 14.9 Å². The molecule has 2 rings (SSSR count). The Balaban J connectivity index is 2.11. The SMILES string of the molecule is CCOC(=O)C1CCCN(c2cc(OCC)nc(C)n2)C1. The maximum absolute atomic E-state index is 11.9. The first kappa shape index (κ1) is 15.5. The Morgan fingerprint density at radius 3 is 2.90 bits per heavy atom. The van der Waals surface area contributed by atoms with Crippen LogP contribution in [0.5, 0.6) is 5.88 Å². The molecule has 1 aliphatic rings. The van der Waals surface area contributed by atoms with Gasteiger partial charge in [-0.05, 0) is 33.6 Å². The standard InChI is InChI=1S/C15H23N3O3/c1-4-20-14-9-13(16-11(3)17-14)18-8-6-7-12(10-18)15(19)21-5-2/h9,12H,4-8,10H2,1-3H3. The molecule has 6 nitrogen and oxygen atoms in total. The van der Waals surface area contributed by atoms with Crippen LogP contribution in [-0.2, 0) is 9.53 Å². The summed E-state index contributed by atoms with van der Waals surface area (Å²) in [5, 5.41) is 0. The Morgan fingerprint density at radius 1 is 1.38 bits per heavy atom. The van der Waals surface area contributed by atoms with E-state index in [1.807, 2.05) is 26.8 Å². The number of nitrogens with zero attached hydrogens (tertiary/aromatic N) is 3. The first-order valence-electron chi connectivity index (χ1n) is 7.54. The van der Waals surface area contributed by atoms with Gasteiger partial charge in [0.1, 0.15) is 11.6 Å². The van der Waals surface area contributed by atoms with Crippen molar-refractivity contribution in [1.82, 2.24) is 9.97 Å². The van der Waals surface area contributed by atoms with Crippen LogP contribution in [0.15, 0.2) is 6.07 Å². The zero-order valence-corrected chi connectivity index (χ0v) is 13.0. The van der Waals surface area contributed by atoms with Crippen molar-refractivity contribution >= 4 is 11.8 Å². The molecule has 0 N–H and O–H groups in total. The molecule has 0 aliphatic carbocycles. The summed E-state index contributed by atoms with van der Waals surface area (Å²) in [4.78, 5) is 22.7. The summed E-state index contributed by atoms with van der Waals surface area (Å²) in [6.45, 7) is 8.13. The molecule has 1 saturated heterocycles. The summed E-state index contributed by atoms with van der Waals surface area (Å²) < 4.78 is 10.6. The molecule has 0 amide bonds. The van der Waals surface area contributed by atoms with Gasteiger partial charge in [0.15, 0.2) is 0 Å². The maximum atomic E-state index is 11.9. The second-order valence-corrected chi connectivity index (χ2v) is 5.08. The molecule has 0 aromatic carbocycles. The maximum Gasteiger partial charge on any atom is 0.310 e. The molecule has 1 fully saturated rings. The zero-order chi connectivity index (χ0) is 15.2. The molecule has 0 saturated carbocycles. The van der Waals surface area contributed by atoms with Gasteiger partial charge in [-0.2, -0.15) is 4.98 Å². The summed E-state index contributed by atoms with van der Waals surface area (Å²) >= 11 is 0. The molecule has 0 radical (unpaired) electrons. The van der Waals surface area contributed by atoms with Gasteiger partial charge >= 0.3 is 5.97 Å². The number of ether oxygens (including phenoxy) is 2. The number of piperidine rings is 1. The van der Waals surface area contributed by atoms with Gasteiger partial charge in [-0.3, -0.25) is 4.79 Å². The van der Waals surface area contributed by atoms with Crippen molar-refractivity contribution in [2.24, 2.45) is 5.92 Å². The van der Waals surface area contributed by atoms with Crippen LogP contribution in [0.3, 0.4) is 0 Å². The minimum Gasteiger partial charge on any atom is -0.478 e. The van der Waals surface area contributed by atoms with E-state index < -0.39 is 0 Å². The van der Waals surface area contributed by atoms with Gasteiger partial charge in [-0.25, -0.2) is 4.98 Å². The van der Waals surface area contributed by atoms with E-state index in [9.17, 15) is 4.79 Å². The van der Waals surface area contributed by atoms with E-state index in [4.69, 9.17) is 9.47 Å². The third kappa shape index (κ3) is 4.06. The zero-order valence-electron chi connectivity index (χ0n) is 13.0. The van der Waals surface area contributed by atoms with Crippen molar-refractivity contribution in [2.75, 3.05) is 31.2 Å². The number of anilines is 1. The van der Waals surface area contributed by atoms with Gasteiger partial charge < -0.3 is 14.4 Å². The Hall–Kier alpha value is -1.85. The average Bonchev–Trinajstić information content (AvgIpc) is 2.47. The Labute approximate surface area is 125 Å². The van der Waals surface area contributed by atoms with Crippen LogP contribution in [0.1, 0.15) is 32.5 Å². The third-order valence-corrected chi connectivity index (χ3v) is 3.46. The molecular weight excluding hydrogens is 270 g/mol. The van der Waals surface area contributed by atoms with Crippen LogP contribution in [0.25, 0.3) is 0 Å². The van der Waals surface area contributed by atoms with Gasteiger partial charge in [-0.15, -0.1) is 0 Å². The Morgan fingerprint density at radius 2 is 2.19 bits per heavy atom. The summed E-state index contributed by atoms with van der Waals surface area (Å²) in [6, 6.07) is 1.84. The van der Waals surface area contributed by atoms with Gasteiger partial charge in [0.2, 0.25) is 5.88 Å². The van der Waals surface area contributed by atoms with E-state index in [1.165, 1.54) is 0 Å². The van der Waals surface area contributed by atoms with E-state index in [-0.39, 0.29) is 11.9 Å². The molecule has 1 atom stereocenters. The summed E-state index contributed by atoms with van der Waals surface area (Å²) in [5.74, 6) is 1.88. The molecular formula is C15H23N3O3. The number of aryl methyl sites for hydroxylation is 1. The highest BCUT2D eigenvalue weighted by Crippen LogP contribution is 2.24. The van der Waals surface area contributed by atoms with Crippen LogP contribution < -0.4 is 9.64 Å². The number of carbonyl (C=O) groups excluding carboxylic acids is 1. The number of hydrogen-bond acceptors (Lipinski definition) is 6. The number of rotatable bonds is 5. The normalized spacial score (nSPS) is 18.4. The quantitative estimate of drug-likeness (QED) is 0.773. The lowest BCUT2D eigenvalue weighted by molar-refractivity contribution is -0.148. The number of esters is 1. The highest BCUT2D eigenvalue weighted by molar-refractivity contribution is 5.73. The molecule has 1 aliphatic heterocycles. The average molecular weight is 293 g/mol. The smallest absolute Gasteiger partial charge is 0.310 e. The number of aromatic nitrogens is 2. The second kappa shape index (κ2) is 7.24. The minimum absolute atomic E-state index is 0.0792. The Bertz CT molecular complexity index is 493. The van der Waals surface area contributed by atoms with E-state index in [1.54, 1.807) is 0 Å². The highest BCUT2D eigenvalue weighted by Gasteiger charge is 2.27. The first-order chi connectivity index (χ1) is 10.1. The van der Waals surface area contributed by atoms with Gasteiger partial charge in [0, 0.05) is 19.2 Å². The predicted molar refractivity (Wildman–Crippen MR) is 79.5 cm³/mol. The summed E-state index contributed by atoms with van der Waals surface area (Å²) in [6.07, 6.45) is 1.83. The minimum atomic E-state index is -0.113. The molecule has 0 bridgehead atoms. The lowest BCUT2D eigenvalue weighted by atomic mass is 9.98. The highest BCUT2D eigenvalue weighted by atomic mass is 16.5. The molecule has 1 aromatic rings. The van der Waals surface area contributed by atoms with Crippen molar-refractivity contribution in [3.05, 3.63) is 11.9 Å². The Kier molecular flexibility index (Phi) is 5.36. The van der Waals surface area contributed by atoms with Crippen LogP contribution in [0.2, 0.25) is 0 Å². The lowest BCUT2D eigenvalue weighted by Crippen LogP contribution is -2.40. The molecule has 6 heteroatoms. The second-order valence-electron chi connectivity index (χ2n) is 5.08. The molecule has 1 aromatic heterocycles. The van der Waals surface area contributed by atoms with Crippen LogP contribution in [-0.4, -0.2) is 42.2 Å². The summed E-state index contributed by atoms with van der Waals surface area (Å²) in [5.41, 5.74) is 0. The van der Waals surface area contributed by atoms with Gasteiger partial charge in [0.25, 0.3) is 0 Å². The summed E-state index contributed by atoms with van der Waals surface area (Å²) in [7, 11) is 0. The fourth-order valence-electron chi connectivity index (χ4n) is 2.55. The van der Waals surface area contributed by atoms with E-state index >= 15 is 0 Å². The van der Waals surface area contributed by atoms with Crippen molar-refractivity contribution in [3.63, 3.8) is 0 Å². The van der Waals surface area contributed by atoms with Crippen LogP contribution in [0.4, 0.5) is 5.82 Å². The third-order valence-electron chi connectivity index (χ3n) is 3.46. The van der Waals surface area contributed by atoms with Gasteiger partial charge in [0.05, 0.1) is 19.1 Å². The number of hydrogen-bond donors (Lipinski definition) is 0. The molecule has 1 unspecified atom stereocenters.